The van der Waals surface area contributed by atoms with Crippen LogP contribution in [-0.2, 0) is 4.79 Å². The maximum absolute atomic E-state index is 12.4. The van der Waals surface area contributed by atoms with Crippen molar-refractivity contribution in [1.29, 1.82) is 0 Å². The number of fused-ring (bicyclic) bond motifs is 1. The van der Waals surface area contributed by atoms with Gasteiger partial charge in [-0.2, -0.15) is 0 Å². The van der Waals surface area contributed by atoms with Crippen LogP contribution in [0.3, 0.4) is 0 Å². The molecule has 0 unspecified atom stereocenters. The summed E-state index contributed by atoms with van der Waals surface area (Å²) in [4.78, 5) is 23.3. The summed E-state index contributed by atoms with van der Waals surface area (Å²) in [5, 5.41) is 4.33. The Labute approximate surface area is 161 Å². The predicted molar refractivity (Wildman–Crippen MR) is 106 cm³/mol. The number of para-hydroxylation sites is 1. The summed E-state index contributed by atoms with van der Waals surface area (Å²) in [5.41, 5.74) is 1.62. The van der Waals surface area contributed by atoms with Crippen molar-refractivity contribution in [2.24, 2.45) is 0 Å². The van der Waals surface area contributed by atoms with Gasteiger partial charge in [0.1, 0.15) is 0 Å². The summed E-state index contributed by atoms with van der Waals surface area (Å²) >= 11 is 7.77. The smallest absolute Gasteiger partial charge is 0.238 e. The van der Waals surface area contributed by atoms with Crippen LogP contribution in [0.2, 0.25) is 5.15 Å². The van der Waals surface area contributed by atoms with E-state index in [1.165, 1.54) is 9.71 Å². The van der Waals surface area contributed by atoms with Crippen LogP contribution in [0.5, 0.6) is 0 Å². The minimum Gasteiger partial charge on any atom is -0.322 e. The second-order valence-corrected chi connectivity index (χ2v) is 7.90. The maximum atomic E-state index is 12.4. The van der Waals surface area contributed by atoms with E-state index in [0.717, 1.165) is 31.4 Å². The van der Waals surface area contributed by atoms with Gasteiger partial charge in [0.2, 0.25) is 5.91 Å². The summed E-state index contributed by atoms with van der Waals surface area (Å²) in [6.45, 7) is 2.14. The third kappa shape index (κ3) is 3.87. The van der Waals surface area contributed by atoms with Crippen molar-refractivity contribution in [3.05, 3.63) is 52.8 Å². The Morgan fingerprint density at radius 3 is 3.04 bits per heavy atom. The molecule has 1 aliphatic heterocycles. The summed E-state index contributed by atoms with van der Waals surface area (Å²) in [6.07, 6.45) is 3.79. The average Bonchev–Trinajstić information content (AvgIpc) is 3.08. The Morgan fingerprint density at radius 1 is 1.31 bits per heavy atom. The van der Waals surface area contributed by atoms with Gasteiger partial charge in [-0.05, 0) is 43.7 Å². The number of hydrogen-bond donors (Lipinski definition) is 1. The number of hydrogen-bond acceptors (Lipinski definition) is 5. The van der Waals surface area contributed by atoms with Crippen molar-refractivity contribution in [3.63, 3.8) is 0 Å². The fraction of sp³-hybridized carbons (Fsp3) is 0.316. The zero-order valence-electron chi connectivity index (χ0n) is 14.2. The summed E-state index contributed by atoms with van der Waals surface area (Å²) in [6, 6.07) is 11.8. The van der Waals surface area contributed by atoms with Crippen molar-refractivity contribution < 1.29 is 4.79 Å². The maximum Gasteiger partial charge on any atom is 0.238 e. The number of anilines is 1. The molecule has 0 saturated carbocycles. The van der Waals surface area contributed by atoms with E-state index >= 15 is 0 Å². The number of rotatable bonds is 4. The normalized spacial score (nSPS) is 18.1. The number of nitrogens with zero attached hydrogens (tertiary/aromatic N) is 3. The van der Waals surface area contributed by atoms with Gasteiger partial charge in [0.15, 0.2) is 5.15 Å². The van der Waals surface area contributed by atoms with Crippen LogP contribution in [0.4, 0.5) is 5.69 Å². The van der Waals surface area contributed by atoms with E-state index in [1.54, 1.807) is 29.7 Å². The lowest BCUT2D eigenvalue weighted by molar-refractivity contribution is -0.117. The van der Waals surface area contributed by atoms with Crippen LogP contribution in [-0.4, -0.2) is 40.4 Å². The molecule has 0 bridgehead atoms. The molecule has 7 heteroatoms. The predicted octanol–water partition coefficient (Wildman–Crippen LogP) is 4.16. The van der Waals surface area contributed by atoms with Crippen molar-refractivity contribution in [1.82, 2.24) is 14.9 Å². The highest BCUT2D eigenvalue weighted by atomic mass is 35.5. The number of nitrogens with one attached hydrogen (secondary N) is 1. The molecule has 0 spiro atoms. The van der Waals surface area contributed by atoms with Gasteiger partial charge in [-0.25, -0.2) is 9.97 Å². The largest absolute Gasteiger partial charge is 0.322 e. The summed E-state index contributed by atoms with van der Waals surface area (Å²) in [5.74, 6) is 0.320. The molecule has 1 fully saturated rings. The standard InChI is InChI=1S/C19H19ClN4OS/c20-18-15(7-3-9-21-18)22-17(25)12-24-10-4-5-13(11-24)19-23-14-6-1-2-8-16(14)26-19/h1-3,6-9,13H,4-5,10-12H2,(H,22,25)/t13-/m1/s1. The number of aromatic nitrogens is 2. The molecule has 0 aliphatic carbocycles. The first-order valence-electron chi connectivity index (χ1n) is 8.67. The quantitative estimate of drug-likeness (QED) is 0.684. The van der Waals surface area contributed by atoms with Crippen molar-refractivity contribution >= 4 is 44.7 Å². The Balaban J connectivity index is 1.40. The second kappa shape index (κ2) is 7.70. The number of piperidine rings is 1. The molecule has 1 atom stereocenters. The van der Waals surface area contributed by atoms with Gasteiger partial charge >= 0.3 is 0 Å². The third-order valence-corrected chi connectivity index (χ3v) is 6.07. The van der Waals surface area contributed by atoms with Crippen LogP contribution in [0.25, 0.3) is 10.2 Å². The highest BCUT2D eigenvalue weighted by Gasteiger charge is 2.25. The van der Waals surface area contributed by atoms with Crippen LogP contribution in [0.15, 0.2) is 42.6 Å². The number of halogens is 1. The lowest BCUT2D eigenvalue weighted by Crippen LogP contribution is -2.39. The van der Waals surface area contributed by atoms with Crippen molar-refractivity contribution in [2.45, 2.75) is 18.8 Å². The Hall–Kier alpha value is -2.02. The fourth-order valence-corrected chi connectivity index (χ4v) is 4.60. The summed E-state index contributed by atoms with van der Waals surface area (Å²) in [7, 11) is 0. The fourth-order valence-electron chi connectivity index (χ4n) is 3.34. The lowest BCUT2D eigenvalue weighted by atomic mass is 9.99. The number of carbonyl (C=O) groups is 1. The van der Waals surface area contributed by atoms with Gasteiger partial charge in [-0.15, -0.1) is 11.3 Å². The first-order chi connectivity index (χ1) is 12.7. The molecule has 3 aromatic rings. The lowest BCUT2D eigenvalue weighted by Gasteiger charge is -2.31. The number of amides is 1. The van der Waals surface area contributed by atoms with E-state index < -0.39 is 0 Å². The molecule has 1 N–H and O–H groups in total. The molecule has 1 aromatic carbocycles. The first-order valence-corrected chi connectivity index (χ1v) is 9.86. The Bertz CT molecular complexity index is 896. The molecule has 5 nitrogen and oxygen atoms in total. The number of pyridine rings is 1. The first kappa shape index (κ1) is 17.4. The third-order valence-electron chi connectivity index (χ3n) is 4.57. The average molecular weight is 387 g/mol. The minimum absolute atomic E-state index is 0.0650. The molecule has 134 valence electrons. The van der Waals surface area contributed by atoms with Crippen LogP contribution >= 0.6 is 22.9 Å². The van der Waals surface area contributed by atoms with Gasteiger partial charge in [-0.1, -0.05) is 23.7 Å². The minimum atomic E-state index is -0.0650. The number of benzene rings is 1. The molecule has 3 heterocycles. The van der Waals surface area contributed by atoms with Gasteiger partial charge in [0.05, 0.1) is 27.5 Å². The van der Waals surface area contributed by atoms with Crippen molar-refractivity contribution in [3.8, 4) is 0 Å². The van der Waals surface area contributed by atoms with E-state index in [1.807, 2.05) is 12.1 Å². The molecule has 0 radical (unpaired) electrons. The Morgan fingerprint density at radius 2 is 2.19 bits per heavy atom. The molecule has 4 rings (SSSR count). The number of likely N-dealkylation sites (tertiary alicyclic amines) is 1. The van der Waals surface area contributed by atoms with E-state index in [2.05, 4.69) is 27.3 Å². The molecular weight excluding hydrogens is 368 g/mol. The second-order valence-electron chi connectivity index (χ2n) is 6.48. The molecule has 26 heavy (non-hydrogen) atoms. The molecular formula is C19H19ClN4OS. The Kier molecular flexibility index (Phi) is 5.15. The molecule has 2 aromatic heterocycles. The zero-order chi connectivity index (χ0) is 17.9. The zero-order valence-corrected chi connectivity index (χ0v) is 15.8. The van der Waals surface area contributed by atoms with Gasteiger partial charge in [0, 0.05) is 18.7 Å². The van der Waals surface area contributed by atoms with Gasteiger partial charge < -0.3 is 5.32 Å². The van der Waals surface area contributed by atoms with E-state index in [0.29, 0.717) is 23.3 Å². The monoisotopic (exact) mass is 386 g/mol. The number of thiazole rings is 1. The van der Waals surface area contributed by atoms with Crippen LogP contribution in [0.1, 0.15) is 23.8 Å². The molecule has 1 amide bonds. The van der Waals surface area contributed by atoms with Gasteiger partial charge in [0.25, 0.3) is 0 Å². The van der Waals surface area contributed by atoms with E-state index in [-0.39, 0.29) is 5.91 Å². The molecule has 1 aliphatic rings. The highest BCUT2D eigenvalue weighted by Crippen LogP contribution is 2.32. The van der Waals surface area contributed by atoms with Crippen LogP contribution < -0.4 is 5.32 Å². The molecule has 1 saturated heterocycles. The number of carbonyl (C=O) groups excluding carboxylic acids is 1. The van der Waals surface area contributed by atoms with E-state index in [4.69, 9.17) is 16.6 Å². The summed E-state index contributed by atoms with van der Waals surface area (Å²) < 4.78 is 1.23. The van der Waals surface area contributed by atoms with Crippen molar-refractivity contribution in [2.75, 3.05) is 25.0 Å². The van der Waals surface area contributed by atoms with Crippen LogP contribution in [0, 0.1) is 0 Å². The van der Waals surface area contributed by atoms with E-state index in [9.17, 15) is 4.79 Å². The topological polar surface area (TPSA) is 58.1 Å². The highest BCUT2D eigenvalue weighted by molar-refractivity contribution is 7.18. The van der Waals surface area contributed by atoms with Gasteiger partial charge in [-0.3, -0.25) is 9.69 Å². The SMILES string of the molecule is O=C(CN1CCC[C@@H](c2nc3ccccc3s2)C1)Nc1cccnc1Cl.